The van der Waals surface area contributed by atoms with Gasteiger partial charge in [0.05, 0.1) is 5.02 Å². The van der Waals surface area contributed by atoms with Crippen LogP contribution >= 0.6 is 11.6 Å². The molecular weight excluding hydrogens is 300 g/mol. The van der Waals surface area contributed by atoms with Crippen LogP contribution in [-0.4, -0.2) is 62.1 Å². The molecule has 2 rings (SSSR count). The molecule has 0 aliphatic carbocycles. The lowest BCUT2D eigenvalue weighted by Crippen LogP contribution is -2.48. The van der Waals surface area contributed by atoms with Crippen molar-refractivity contribution in [1.29, 1.82) is 0 Å². The van der Waals surface area contributed by atoms with Crippen molar-refractivity contribution in [2.75, 3.05) is 39.3 Å². The Hall–Kier alpha value is -0.660. The van der Waals surface area contributed by atoms with Crippen molar-refractivity contribution in [3.63, 3.8) is 0 Å². The Morgan fingerprint density at radius 2 is 1.80 bits per heavy atom. The third kappa shape index (κ3) is 3.51. The largest absolute Gasteiger partial charge is 0.396 e. The summed E-state index contributed by atoms with van der Waals surface area (Å²) in [5, 5.41) is 9.07. The number of hydrogen-bond acceptors (Lipinski definition) is 4. The first-order valence-corrected chi connectivity index (χ1v) is 8.45. The molecule has 1 aliphatic rings. The smallest absolute Gasteiger partial charge is 0.244 e. The fourth-order valence-electron chi connectivity index (χ4n) is 2.28. The highest BCUT2D eigenvalue weighted by Crippen LogP contribution is 2.24. The van der Waals surface area contributed by atoms with Crippen LogP contribution in [0.3, 0.4) is 0 Å². The van der Waals surface area contributed by atoms with Crippen LogP contribution in [-0.2, 0) is 10.0 Å². The van der Waals surface area contributed by atoms with Gasteiger partial charge in [0.15, 0.2) is 0 Å². The summed E-state index contributed by atoms with van der Waals surface area (Å²) in [6.07, 6.45) is 0.720. The first-order valence-electron chi connectivity index (χ1n) is 6.63. The molecule has 1 fully saturated rings. The summed E-state index contributed by atoms with van der Waals surface area (Å²) >= 11 is 5.98. The first kappa shape index (κ1) is 15.7. The molecule has 0 radical (unpaired) electrons. The molecule has 0 atom stereocenters. The molecule has 1 aromatic rings. The van der Waals surface area contributed by atoms with Crippen LogP contribution < -0.4 is 0 Å². The minimum atomic E-state index is -3.51. The van der Waals surface area contributed by atoms with Gasteiger partial charge >= 0.3 is 0 Å². The van der Waals surface area contributed by atoms with Gasteiger partial charge in [0.1, 0.15) is 4.90 Å². The Morgan fingerprint density at radius 1 is 1.15 bits per heavy atom. The van der Waals surface area contributed by atoms with Gasteiger partial charge in [-0.05, 0) is 18.6 Å². The summed E-state index contributed by atoms with van der Waals surface area (Å²) in [5.74, 6) is 0. The van der Waals surface area contributed by atoms with Gasteiger partial charge in [-0.25, -0.2) is 8.42 Å². The molecule has 0 unspecified atom stereocenters. The maximum atomic E-state index is 12.5. The fourth-order valence-corrected chi connectivity index (χ4v) is 4.20. The number of benzene rings is 1. The van der Waals surface area contributed by atoms with Crippen LogP contribution in [0.25, 0.3) is 0 Å². The second-order valence-electron chi connectivity index (χ2n) is 4.75. The fraction of sp³-hybridized carbons (Fsp3) is 0.538. The normalized spacial score (nSPS) is 18.3. The maximum Gasteiger partial charge on any atom is 0.244 e. The van der Waals surface area contributed by atoms with E-state index in [0.717, 1.165) is 13.0 Å². The average Bonchev–Trinajstić information content (AvgIpc) is 2.46. The number of aliphatic hydroxyl groups is 1. The van der Waals surface area contributed by atoms with E-state index in [-0.39, 0.29) is 16.5 Å². The summed E-state index contributed by atoms with van der Waals surface area (Å²) in [6.45, 7) is 3.25. The molecule has 0 spiro atoms. The molecule has 0 saturated carbocycles. The minimum absolute atomic E-state index is 0.165. The molecule has 112 valence electrons. The second kappa shape index (κ2) is 6.87. The van der Waals surface area contributed by atoms with E-state index in [0.29, 0.717) is 26.2 Å². The highest BCUT2D eigenvalue weighted by Gasteiger charge is 2.29. The Bertz CT molecular complexity index is 542. The van der Waals surface area contributed by atoms with E-state index in [4.69, 9.17) is 16.7 Å². The standard InChI is InChI=1S/C13H19ClN2O3S/c14-12-4-1-2-5-13(12)20(18,19)16-9-7-15(8-10-16)6-3-11-17/h1-2,4-5,17H,3,6-11H2. The highest BCUT2D eigenvalue weighted by atomic mass is 35.5. The van der Waals surface area contributed by atoms with Crippen molar-refractivity contribution in [3.05, 3.63) is 29.3 Å². The maximum absolute atomic E-state index is 12.5. The Balaban J connectivity index is 2.04. The van der Waals surface area contributed by atoms with Gasteiger partial charge < -0.3 is 10.0 Å². The monoisotopic (exact) mass is 318 g/mol. The van der Waals surface area contributed by atoms with Gasteiger partial charge in [0.2, 0.25) is 10.0 Å². The molecule has 1 aliphatic heterocycles. The Kier molecular flexibility index (Phi) is 5.40. The number of nitrogens with zero attached hydrogens (tertiary/aromatic N) is 2. The van der Waals surface area contributed by atoms with Crippen LogP contribution in [0.2, 0.25) is 5.02 Å². The Labute approximate surface area is 124 Å². The minimum Gasteiger partial charge on any atom is -0.396 e. The van der Waals surface area contributed by atoms with E-state index < -0.39 is 10.0 Å². The van der Waals surface area contributed by atoms with Crippen molar-refractivity contribution in [2.45, 2.75) is 11.3 Å². The highest BCUT2D eigenvalue weighted by molar-refractivity contribution is 7.89. The molecule has 0 bridgehead atoms. The van der Waals surface area contributed by atoms with Crippen molar-refractivity contribution in [1.82, 2.24) is 9.21 Å². The third-order valence-electron chi connectivity index (χ3n) is 3.42. The van der Waals surface area contributed by atoms with Crippen LogP contribution in [0.1, 0.15) is 6.42 Å². The molecule has 1 aromatic carbocycles. The lowest BCUT2D eigenvalue weighted by atomic mass is 10.3. The molecule has 0 aromatic heterocycles. The Morgan fingerprint density at radius 3 is 2.40 bits per heavy atom. The second-order valence-corrected chi connectivity index (χ2v) is 7.07. The molecule has 20 heavy (non-hydrogen) atoms. The third-order valence-corrected chi connectivity index (χ3v) is 5.82. The van der Waals surface area contributed by atoms with Gasteiger partial charge in [0.25, 0.3) is 0 Å². The number of hydrogen-bond donors (Lipinski definition) is 1. The number of sulfonamides is 1. The van der Waals surface area contributed by atoms with Gasteiger partial charge in [-0.1, -0.05) is 23.7 Å². The van der Waals surface area contributed by atoms with E-state index in [1.807, 2.05) is 0 Å². The molecule has 1 saturated heterocycles. The van der Waals surface area contributed by atoms with Crippen LogP contribution in [0.15, 0.2) is 29.2 Å². The van der Waals surface area contributed by atoms with Crippen LogP contribution in [0, 0.1) is 0 Å². The SMILES string of the molecule is O=S(=O)(c1ccccc1Cl)N1CCN(CCCO)CC1. The summed E-state index contributed by atoms with van der Waals surface area (Å²) < 4.78 is 26.5. The molecule has 1 N–H and O–H groups in total. The topological polar surface area (TPSA) is 60.9 Å². The molecule has 5 nitrogen and oxygen atoms in total. The summed E-state index contributed by atoms with van der Waals surface area (Å²) in [4.78, 5) is 2.33. The molecular formula is C13H19ClN2O3S. The summed E-state index contributed by atoms with van der Waals surface area (Å²) in [6, 6.07) is 6.52. The predicted molar refractivity (Wildman–Crippen MR) is 78.4 cm³/mol. The van der Waals surface area contributed by atoms with E-state index in [2.05, 4.69) is 4.90 Å². The van der Waals surface area contributed by atoms with Crippen molar-refractivity contribution in [3.8, 4) is 0 Å². The van der Waals surface area contributed by atoms with Crippen LogP contribution in [0.5, 0.6) is 0 Å². The van der Waals surface area contributed by atoms with E-state index in [1.54, 1.807) is 18.2 Å². The van der Waals surface area contributed by atoms with Crippen molar-refractivity contribution in [2.24, 2.45) is 0 Å². The summed E-state index contributed by atoms with van der Waals surface area (Å²) in [7, 11) is -3.51. The average molecular weight is 319 g/mol. The van der Waals surface area contributed by atoms with E-state index in [1.165, 1.54) is 10.4 Å². The zero-order chi connectivity index (χ0) is 14.6. The van der Waals surface area contributed by atoms with Gasteiger partial charge in [-0.3, -0.25) is 0 Å². The zero-order valence-corrected chi connectivity index (χ0v) is 12.8. The number of halogens is 1. The van der Waals surface area contributed by atoms with E-state index in [9.17, 15) is 8.42 Å². The van der Waals surface area contributed by atoms with Crippen LogP contribution in [0.4, 0.5) is 0 Å². The van der Waals surface area contributed by atoms with Gasteiger partial charge in [-0.2, -0.15) is 4.31 Å². The van der Waals surface area contributed by atoms with Crippen molar-refractivity contribution >= 4 is 21.6 Å². The van der Waals surface area contributed by atoms with Crippen molar-refractivity contribution < 1.29 is 13.5 Å². The number of aliphatic hydroxyl groups excluding tert-OH is 1. The predicted octanol–water partition coefficient (Wildman–Crippen LogP) is 1.03. The zero-order valence-electron chi connectivity index (χ0n) is 11.2. The molecule has 0 amide bonds. The summed E-state index contributed by atoms with van der Waals surface area (Å²) in [5.41, 5.74) is 0. The number of rotatable bonds is 5. The first-order chi connectivity index (χ1) is 9.55. The molecule has 1 heterocycles. The van der Waals surface area contributed by atoms with Gasteiger partial charge in [0, 0.05) is 39.3 Å². The lowest BCUT2D eigenvalue weighted by Gasteiger charge is -2.33. The van der Waals surface area contributed by atoms with Gasteiger partial charge in [-0.15, -0.1) is 0 Å². The quantitative estimate of drug-likeness (QED) is 0.881. The lowest BCUT2D eigenvalue weighted by molar-refractivity contribution is 0.171. The number of piperazine rings is 1. The molecule has 7 heteroatoms. The van der Waals surface area contributed by atoms with E-state index >= 15 is 0 Å².